The number of aliphatic hydroxyl groups is 1. The lowest BCUT2D eigenvalue weighted by atomic mass is 9.72. The van der Waals surface area contributed by atoms with Crippen molar-refractivity contribution >= 4 is 23.3 Å². The van der Waals surface area contributed by atoms with Crippen LogP contribution >= 0.6 is 0 Å². The lowest BCUT2D eigenvalue weighted by Crippen LogP contribution is -2.43. The second kappa shape index (κ2) is 11.3. The fraction of sp³-hybridized carbons (Fsp3) is 0.417. The third-order valence-corrected chi connectivity index (χ3v) is 10.2. The summed E-state index contributed by atoms with van der Waals surface area (Å²) in [6.45, 7) is 8.99. The van der Waals surface area contributed by atoms with Crippen LogP contribution in [0, 0.1) is 18.8 Å². The molecule has 48 heavy (non-hydrogen) atoms. The van der Waals surface area contributed by atoms with Crippen molar-refractivity contribution in [3.8, 4) is 17.3 Å². The third kappa shape index (κ3) is 4.64. The van der Waals surface area contributed by atoms with Gasteiger partial charge in [0.15, 0.2) is 29.2 Å². The maximum absolute atomic E-state index is 14.1. The average molecular weight is 654 g/mol. The standard InChI is InChI=1S/C36H39N5O7/c1-6-35(45,7-2)25(42)16-20-14-19-12-13-24-22(15-19)36(21-10-8-9-11-23(21)38-34(36)47-24)29-28(33-40-27(30(37)43)18(5)46-33)41-32(48-29)26(17(3)4)39-31(20)44/h8-13,15,17,20,26,34,38,45H,6-7,14,16H2,1-5H3,(H2,37,43)(H,39,44)/t20?,26-,34-,36?/m0/s1. The molecule has 5 N–H and O–H groups in total. The normalized spacial score (nSPS) is 22.6. The minimum absolute atomic E-state index is 0.0249. The van der Waals surface area contributed by atoms with Crippen LogP contribution in [0.25, 0.3) is 11.6 Å². The number of nitrogens with zero attached hydrogens (tertiary/aromatic N) is 2. The van der Waals surface area contributed by atoms with Gasteiger partial charge in [0.25, 0.3) is 5.91 Å². The van der Waals surface area contributed by atoms with Crippen LogP contribution in [-0.4, -0.2) is 44.5 Å². The quantitative estimate of drug-likeness (QED) is 0.208. The summed E-state index contributed by atoms with van der Waals surface area (Å²) in [5, 5.41) is 17.7. The highest BCUT2D eigenvalue weighted by molar-refractivity contribution is 5.93. The maximum Gasteiger partial charge on any atom is 0.270 e. The molecule has 2 aromatic heterocycles. The molecule has 0 aliphatic carbocycles. The second-order valence-corrected chi connectivity index (χ2v) is 13.3. The molecule has 4 aromatic rings. The Labute approximate surface area is 277 Å². The Balaban J connectivity index is 1.49. The summed E-state index contributed by atoms with van der Waals surface area (Å²) >= 11 is 0. The van der Waals surface area contributed by atoms with Gasteiger partial charge in [-0.3, -0.25) is 14.4 Å². The predicted molar refractivity (Wildman–Crippen MR) is 174 cm³/mol. The van der Waals surface area contributed by atoms with E-state index in [-0.39, 0.29) is 72.2 Å². The van der Waals surface area contributed by atoms with E-state index in [0.29, 0.717) is 11.5 Å². The molecule has 0 radical (unpaired) electrons. The van der Waals surface area contributed by atoms with E-state index in [1.165, 1.54) is 0 Å². The van der Waals surface area contributed by atoms with Crippen molar-refractivity contribution in [1.82, 2.24) is 15.3 Å². The van der Waals surface area contributed by atoms with Gasteiger partial charge in [-0.2, -0.15) is 0 Å². The number of amides is 2. The molecule has 12 nitrogen and oxygen atoms in total. The predicted octanol–water partition coefficient (Wildman–Crippen LogP) is 4.71. The Morgan fingerprint density at radius 2 is 1.83 bits per heavy atom. The molecule has 2 unspecified atom stereocenters. The van der Waals surface area contributed by atoms with Crippen LogP contribution in [0.4, 0.5) is 5.69 Å². The van der Waals surface area contributed by atoms with Crippen molar-refractivity contribution in [1.29, 1.82) is 0 Å². The topological polar surface area (TPSA) is 183 Å². The van der Waals surface area contributed by atoms with E-state index >= 15 is 0 Å². The molecule has 4 bridgehead atoms. The summed E-state index contributed by atoms with van der Waals surface area (Å²) in [4.78, 5) is 49.3. The number of carbonyl (C=O) groups is 3. The van der Waals surface area contributed by atoms with Gasteiger partial charge < -0.3 is 35.0 Å². The van der Waals surface area contributed by atoms with Gasteiger partial charge >= 0.3 is 0 Å². The largest absolute Gasteiger partial charge is 0.469 e. The number of benzene rings is 2. The highest BCUT2D eigenvalue weighted by Gasteiger charge is 2.61. The van der Waals surface area contributed by atoms with Crippen LogP contribution in [0.15, 0.2) is 51.3 Å². The fourth-order valence-corrected chi connectivity index (χ4v) is 7.35. The number of aromatic nitrogens is 2. The number of fused-ring (bicyclic) bond motifs is 4. The second-order valence-electron chi connectivity index (χ2n) is 13.3. The van der Waals surface area contributed by atoms with Crippen molar-refractivity contribution in [2.24, 2.45) is 17.6 Å². The van der Waals surface area contributed by atoms with E-state index in [2.05, 4.69) is 15.6 Å². The number of nitrogens with one attached hydrogen (secondary N) is 2. The number of ketones is 1. The number of primary amides is 1. The summed E-state index contributed by atoms with van der Waals surface area (Å²) in [6, 6.07) is 12.9. The maximum atomic E-state index is 14.1. The molecule has 5 heterocycles. The van der Waals surface area contributed by atoms with Crippen LogP contribution < -0.4 is 21.1 Å². The fourth-order valence-electron chi connectivity index (χ4n) is 7.35. The van der Waals surface area contributed by atoms with Gasteiger partial charge in [0.2, 0.25) is 17.7 Å². The van der Waals surface area contributed by atoms with Gasteiger partial charge in [-0.05, 0) is 55.4 Å². The third-order valence-electron chi connectivity index (χ3n) is 10.2. The van der Waals surface area contributed by atoms with E-state index in [1.807, 2.05) is 56.3 Å². The zero-order chi connectivity index (χ0) is 34.1. The number of rotatable bonds is 8. The summed E-state index contributed by atoms with van der Waals surface area (Å²) in [5.74, 6) is -1.01. The number of carbonyl (C=O) groups excluding carboxylic acids is 3. The summed E-state index contributed by atoms with van der Waals surface area (Å²) < 4.78 is 19.4. The van der Waals surface area contributed by atoms with Crippen LogP contribution in [0.5, 0.6) is 5.75 Å². The lowest BCUT2D eigenvalue weighted by molar-refractivity contribution is -0.141. The monoisotopic (exact) mass is 653 g/mol. The summed E-state index contributed by atoms with van der Waals surface area (Å²) in [7, 11) is 0. The number of ether oxygens (including phenoxy) is 1. The van der Waals surface area contributed by atoms with Gasteiger partial charge in [-0.25, -0.2) is 9.97 Å². The van der Waals surface area contributed by atoms with E-state index < -0.39 is 35.1 Å². The van der Waals surface area contributed by atoms with Gasteiger partial charge in [-0.15, -0.1) is 0 Å². The molecule has 0 fully saturated rings. The lowest BCUT2D eigenvalue weighted by Gasteiger charge is -2.29. The number of oxazole rings is 2. The Hall–Kier alpha value is -4.97. The number of anilines is 1. The Morgan fingerprint density at radius 1 is 1.08 bits per heavy atom. The van der Waals surface area contributed by atoms with Crippen LogP contribution in [-0.2, 0) is 21.4 Å². The molecule has 3 aliphatic heterocycles. The van der Waals surface area contributed by atoms with Gasteiger partial charge in [0.05, 0.1) is 0 Å². The molecule has 12 heteroatoms. The van der Waals surface area contributed by atoms with E-state index in [4.69, 9.17) is 24.3 Å². The summed E-state index contributed by atoms with van der Waals surface area (Å²) in [5.41, 5.74) is 6.52. The minimum atomic E-state index is -1.52. The molecular formula is C36H39N5O7. The van der Waals surface area contributed by atoms with Crippen LogP contribution in [0.2, 0.25) is 0 Å². The zero-order valence-electron chi connectivity index (χ0n) is 27.5. The number of Topliss-reactive ketones (excluding diaryl/α,β-unsaturated/α-hetero) is 1. The van der Waals surface area contributed by atoms with Crippen molar-refractivity contribution in [3.63, 3.8) is 0 Å². The Kier molecular flexibility index (Phi) is 7.46. The van der Waals surface area contributed by atoms with Gasteiger partial charge in [-0.1, -0.05) is 58.0 Å². The van der Waals surface area contributed by atoms with E-state index in [1.54, 1.807) is 20.8 Å². The molecule has 0 saturated heterocycles. The molecular weight excluding hydrogens is 614 g/mol. The molecule has 2 amide bonds. The highest BCUT2D eigenvalue weighted by Crippen LogP contribution is 2.59. The molecule has 0 saturated carbocycles. The van der Waals surface area contributed by atoms with E-state index in [9.17, 15) is 19.5 Å². The van der Waals surface area contributed by atoms with Gasteiger partial charge in [0, 0.05) is 23.6 Å². The smallest absolute Gasteiger partial charge is 0.270 e. The Morgan fingerprint density at radius 3 is 2.52 bits per heavy atom. The van der Waals surface area contributed by atoms with Crippen LogP contribution in [0.1, 0.15) is 97.6 Å². The number of nitrogens with two attached hydrogens (primary N) is 1. The highest BCUT2D eigenvalue weighted by atomic mass is 16.5. The van der Waals surface area contributed by atoms with E-state index in [0.717, 1.165) is 22.4 Å². The van der Waals surface area contributed by atoms with Crippen LogP contribution in [0.3, 0.4) is 0 Å². The van der Waals surface area contributed by atoms with Crippen molar-refractivity contribution in [2.45, 2.75) is 83.6 Å². The first-order valence-corrected chi connectivity index (χ1v) is 16.4. The zero-order valence-corrected chi connectivity index (χ0v) is 27.5. The molecule has 1 spiro atoms. The number of hydrogen-bond donors (Lipinski definition) is 4. The molecule has 3 aliphatic rings. The first kappa shape index (κ1) is 31.6. The SMILES string of the molecule is CCC(O)(CC)C(=O)CC1Cc2ccc3c(c2)C2(c4ccccc4N[C@H]2O3)c2oc(nc2-c2nc(C(N)=O)c(C)o2)[C@H](C(C)C)NC1=O. The minimum Gasteiger partial charge on any atom is -0.469 e. The molecule has 250 valence electrons. The first-order valence-electron chi connectivity index (χ1n) is 16.4. The first-order chi connectivity index (χ1) is 22.9. The van der Waals surface area contributed by atoms with Gasteiger partial charge in [0.1, 0.15) is 28.6 Å². The number of aryl methyl sites for hydroxylation is 1. The van der Waals surface area contributed by atoms with Crippen molar-refractivity contribution in [2.75, 3.05) is 5.32 Å². The number of hydrogen-bond acceptors (Lipinski definition) is 10. The molecule has 7 rings (SSSR count). The molecule has 2 aromatic carbocycles. The average Bonchev–Trinajstić information content (AvgIpc) is 3.81. The summed E-state index contributed by atoms with van der Waals surface area (Å²) in [6.07, 6.45) is -0.0547. The number of para-hydroxylation sites is 1. The Bertz CT molecular complexity index is 1960. The van der Waals surface area contributed by atoms with Crippen molar-refractivity contribution < 1.29 is 33.1 Å². The molecule has 4 atom stereocenters. The van der Waals surface area contributed by atoms with Crippen molar-refractivity contribution in [3.05, 3.63) is 82.3 Å².